The van der Waals surface area contributed by atoms with Gasteiger partial charge in [0.2, 0.25) is 11.8 Å². The fraction of sp³-hybridized carbons (Fsp3) is 0.357. The van der Waals surface area contributed by atoms with Crippen LogP contribution >= 0.6 is 23.4 Å². The molecule has 1 aliphatic carbocycles. The van der Waals surface area contributed by atoms with Gasteiger partial charge in [0.1, 0.15) is 0 Å². The molecule has 3 rings (SSSR count). The van der Waals surface area contributed by atoms with Gasteiger partial charge in [0.25, 0.3) is 5.22 Å². The van der Waals surface area contributed by atoms with E-state index in [1.54, 1.807) is 6.07 Å². The van der Waals surface area contributed by atoms with Crippen LogP contribution in [0.1, 0.15) is 30.2 Å². The van der Waals surface area contributed by atoms with Gasteiger partial charge in [-0.15, -0.1) is 10.2 Å². The molecule has 1 amide bonds. The third-order valence-corrected chi connectivity index (χ3v) is 4.21. The first kappa shape index (κ1) is 14.4. The highest BCUT2D eigenvalue weighted by Gasteiger charge is 2.29. The van der Waals surface area contributed by atoms with Crippen molar-refractivity contribution >= 4 is 35.0 Å². The number of amides is 1. The van der Waals surface area contributed by atoms with Gasteiger partial charge in [0.05, 0.1) is 16.5 Å². The molecule has 110 valence electrons. The minimum absolute atomic E-state index is 0.156. The number of hydrogen-bond acceptors (Lipinski definition) is 5. The lowest BCUT2D eigenvalue weighted by Gasteiger charge is -2.06. The average Bonchev–Trinajstić information content (AvgIpc) is 3.19. The summed E-state index contributed by atoms with van der Waals surface area (Å²) in [7, 11) is 0. The number of benzene rings is 1. The summed E-state index contributed by atoms with van der Waals surface area (Å²) in [5.74, 6) is 1.15. The number of nitrogens with one attached hydrogen (secondary N) is 1. The molecule has 0 saturated heterocycles. The first-order valence-electron chi connectivity index (χ1n) is 6.64. The third kappa shape index (κ3) is 3.77. The summed E-state index contributed by atoms with van der Waals surface area (Å²) in [6, 6.07) is 5.50. The van der Waals surface area contributed by atoms with Crippen molar-refractivity contribution in [2.45, 2.75) is 30.9 Å². The van der Waals surface area contributed by atoms with E-state index >= 15 is 0 Å². The van der Waals surface area contributed by atoms with E-state index in [1.807, 2.05) is 19.1 Å². The minimum atomic E-state index is -0.156. The van der Waals surface area contributed by atoms with E-state index in [4.69, 9.17) is 16.0 Å². The molecule has 0 bridgehead atoms. The second-order valence-corrected chi connectivity index (χ2v) is 6.33. The predicted molar refractivity (Wildman–Crippen MR) is 81.8 cm³/mol. The fourth-order valence-corrected chi connectivity index (χ4v) is 2.66. The number of halogens is 1. The van der Waals surface area contributed by atoms with Crippen molar-refractivity contribution in [2.24, 2.45) is 0 Å². The first-order valence-corrected chi connectivity index (χ1v) is 8.00. The molecular formula is C14H14ClN3O2S. The van der Waals surface area contributed by atoms with Crippen LogP contribution in [0.4, 0.5) is 5.69 Å². The Bertz CT molecular complexity index is 670. The highest BCUT2D eigenvalue weighted by atomic mass is 35.5. The Morgan fingerprint density at radius 2 is 2.29 bits per heavy atom. The first-order chi connectivity index (χ1) is 10.1. The Morgan fingerprint density at radius 3 is 3.00 bits per heavy atom. The Morgan fingerprint density at radius 1 is 1.48 bits per heavy atom. The highest BCUT2D eigenvalue weighted by molar-refractivity contribution is 7.99. The summed E-state index contributed by atoms with van der Waals surface area (Å²) in [6.45, 7) is 1.94. The number of carbonyl (C=O) groups is 1. The van der Waals surface area contributed by atoms with E-state index in [2.05, 4.69) is 15.5 Å². The van der Waals surface area contributed by atoms with Crippen LogP contribution in [0.15, 0.2) is 27.8 Å². The summed E-state index contributed by atoms with van der Waals surface area (Å²) >= 11 is 7.30. The van der Waals surface area contributed by atoms with Crippen LogP contribution in [0.2, 0.25) is 5.02 Å². The van der Waals surface area contributed by atoms with Crippen molar-refractivity contribution in [2.75, 3.05) is 11.1 Å². The maximum Gasteiger partial charge on any atom is 0.277 e. The molecule has 0 aliphatic heterocycles. The molecule has 1 heterocycles. The highest BCUT2D eigenvalue weighted by Crippen LogP contribution is 2.39. The summed E-state index contributed by atoms with van der Waals surface area (Å²) in [6.07, 6.45) is 2.22. The summed E-state index contributed by atoms with van der Waals surface area (Å²) in [5.41, 5.74) is 1.66. The summed E-state index contributed by atoms with van der Waals surface area (Å²) in [4.78, 5) is 11.9. The van der Waals surface area contributed by atoms with Gasteiger partial charge >= 0.3 is 0 Å². The van der Waals surface area contributed by atoms with Crippen LogP contribution in [-0.4, -0.2) is 21.9 Å². The van der Waals surface area contributed by atoms with Crippen LogP contribution < -0.4 is 5.32 Å². The molecule has 5 nitrogen and oxygen atoms in total. The average molecular weight is 324 g/mol. The number of aryl methyl sites for hydroxylation is 1. The van der Waals surface area contributed by atoms with E-state index in [-0.39, 0.29) is 11.7 Å². The van der Waals surface area contributed by atoms with Gasteiger partial charge in [-0.3, -0.25) is 4.79 Å². The number of carbonyl (C=O) groups excluding carboxylic acids is 1. The van der Waals surface area contributed by atoms with Crippen molar-refractivity contribution in [1.82, 2.24) is 10.2 Å². The van der Waals surface area contributed by atoms with Crippen molar-refractivity contribution < 1.29 is 9.21 Å². The molecule has 0 atom stereocenters. The van der Waals surface area contributed by atoms with Gasteiger partial charge < -0.3 is 9.73 Å². The van der Waals surface area contributed by atoms with Crippen molar-refractivity contribution in [3.8, 4) is 0 Å². The number of nitrogens with zero attached hydrogens (tertiary/aromatic N) is 2. The van der Waals surface area contributed by atoms with E-state index in [1.165, 1.54) is 11.8 Å². The van der Waals surface area contributed by atoms with Crippen LogP contribution in [-0.2, 0) is 4.79 Å². The Balaban J connectivity index is 1.53. The largest absolute Gasteiger partial charge is 0.416 e. The summed E-state index contributed by atoms with van der Waals surface area (Å²) < 4.78 is 5.48. The third-order valence-electron chi connectivity index (χ3n) is 3.07. The molecule has 7 heteroatoms. The lowest BCUT2D eigenvalue weighted by molar-refractivity contribution is -0.113. The Kier molecular flexibility index (Phi) is 4.17. The van der Waals surface area contributed by atoms with Crippen molar-refractivity contribution in [3.63, 3.8) is 0 Å². The quantitative estimate of drug-likeness (QED) is 0.851. The lowest BCUT2D eigenvalue weighted by atomic mass is 10.2. The molecule has 0 radical (unpaired) electrons. The zero-order valence-electron chi connectivity index (χ0n) is 11.4. The SMILES string of the molecule is Cc1ccc(NC(=O)CSc2nnc(C3CC3)o2)c(Cl)c1. The number of hydrogen-bond donors (Lipinski definition) is 1. The molecular weight excluding hydrogens is 310 g/mol. The Labute approximate surface area is 131 Å². The van der Waals surface area contributed by atoms with Crippen LogP contribution in [0.5, 0.6) is 0 Å². The molecule has 1 aliphatic rings. The van der Waals surface area contributed by atoms with E-state index in [0.717, 1.165) is 18.4 Å². The Hall–Kier alpha value is -1.53. The van der Waals surface area contributed by atoms with E-state index in [9.17, 15) is 4.79 Å². The minimum Gasteiger partial charge on any atom is -0.416 e. The van der Waals surface area contributed by atoms with Crippen LogP contribution in [0.3, 0.4) is 0 Å². The number of anilines is 1. The van der Waals surface area contributed by atoms with Gasteiger partial charge in [0, 0.05) is 5.92 Å². The van der Waals surface area contributed by atoms with Crippen LogP contribution in [0, 0.1) is 6.92 Å². The second-order valence-electron chi connectivity index (χ2n) is 5.00. The predicted octanol–water partition coefficient (Wildman–Crippen LogP) is 3.64. The number of thioether (sulfide) groups is 1. The zero-order valence-corrected chi connectivity index (χ0v) is 13.0. The van der Waals surface area contributed by atoms with Gasteiger partial charge in [0.15, 0.2) is 0 Å². The van der Waals surface area contributed by atoms with Gasteiger partial charge in [-0.05, 0) is 37.5 Å². The van der Waals surface area contributed by atoms with E-state index < -0.39 is 0 Å². The van der Waals surface area contributed by atoms with Crippen LogP contribution in [0.25, 0.3) is 0 Å². The van der Waals surface area contributed by atoms with Gasteiger partial charge in [-0.25, -0.2) is 0 Å². The standard InChI is InChI=1S/C14H14ClN3O2S/c1-8-2-5-11(10(15)6-8)16-12(19)7-21-14-18-17-13(20-14)9-3-4-9/h2,5-6,9H,3-4,7H2,1H3,(H,16,19). The molecule has 1 aromatic carbocycles. The number of aromatic nitrogens is 2. The smallest absolute Gasteiger partial charge is 0.277 e. The topological polar surface area (TPSA) is 68.0 Å². The van der Waals surface area contributed by atoms with Crippen molar-refractivity contribution in [3.05, 3.63) is 34.7 Å². The maximum atomic E-state index is 11.9. The molecule has 2 aromatic rings. The summed E-state index contributed by atoms with van der Waals surface area (Å²) in [5, 5.41) is 11.6. The molecule has 21 heavy (non-hydrogen) atoms. The maximum absolute atomic E-state index is 11.9. The monoisotopic (exact) mass is 323 g/mol. The number of rotatable bonds is 5. The molecule has 1 N–H and O–H groups in total. The fourth-order valence-electron chi connectivity index (χ4n) is 1.81. The normalized spacial score (nSPS) is 14.2. The second kappa shape index (κ2) is 6.07. The van der Waals surface area contributed by atoms with Gasteiger partial charge in [-0.2, -0.15) is 0 Å². The van der Waals surface area contributed by atoms with Crippen molar-refractivity contribution in [1.29, 1.82) is 0 Å². The molecule has 1 fully saturated rings. The molecule has 0 unspecified atom stereocenters. The zero-order chi connectivity index (χ0) is 14.8. The lowest BCUT2D eigenvalue weighted by Crippen LogP contribution is -2.14. The van der Waals surface area contributed by atoms with E-state index in [0.29, 0.717) is 27.7 Å². The molecule has 1 saturated carbocycles. The van der Waals surface area contributed by atoms with Gasteiger partial charge in [-0.1, -0.05) is 29.4 Å². The molecule has 0 spiro atoms. The molecule has 1 aromatic heterocycles.